The summed E-state index contributed by atoms with van der Waals surface area (Å²) in [6.07, 6.45) is 0. The molecule has 0 N–H and O–H groups in total. The van der Waals surface area contributed by atoms with Gasteiger partial charge >= 0.3 is 0 Å². The molecule has 7 nitrogen and oxygen atoms in total. The van der Waals surface area contributed by atoms with Crippen LogP contribution in [0.15, 0.2) is 224 Å². The molecule has 0 amide bonds. The maximum Gasteiger partial charge on any atom is 0.164 e. The molecule has 0 aliphatic heterocycles. The molecule has 0 spiro atoms. The van der Waals surface area contributed by atoms with Gasteiger partial charge in [-0.25, -0.2) is 29.9 Å². The summed E-state index contributed by atoms with van der Waals surface area (Å²) in [5.74, 6) is 3.32. The lowest BCUT2D eigenvalue weighted by Crippen LogP contribution is -2.00. The normalized spacial score (nSPS) is 11.2. The molecule has 8 aromatic carbocycles. The molecule has 7 heteroatoms. The van der Waals surface area contributed by atoms with Gasteiger partial charge in [0, 0.05) is 44.6 Å². The van der Waals surface area contributed by atoms with Crippen LogP contribution in [-0.4, -0.2) is 34.5 Å². The fraction of sp³-hybridized carbons (Fsp3) is 0. The minimum absolute atomic E-state index is 0.585. The van der Waals surface area contributed by atoms with E-state index >= 15 is 0 Å². The van der Waals surface area contributed by atoms with Crippen LogP contribution in [0, 0.1) is 0 Å². The Morgan fingerprint density at radius 2 is 0.667 bits per heavy atom. The summed E-state index contributed by atoms with van der Waals surface area (Å²) in [6, 6.07) is 76.3. The molecule has 3 aromatic heterocycles. The lowest BCUT2D eigenvalue weighted by atomic mass is 9.99. The molecular formula is C56H37N7. The van der Waals surface area contributed by atoms with Crippen molar-refractivity contribution in [3.8, 4) is 96.3 Å². The number of fused-ring (bicyclic) bond motifs is 1. The number of hydrogen-bond acceptors (Lipinski definition) is 6. The average molecular weight is 808 g/mol. The summed E-state index contributed by atoms with van der Waals surface area (Å²) in [5, 5.41) is 0. The molecule has 0 radical (unpaired) electrons. The first-order chi connectivity index (χ1) is 31.2. The number of imidazole rings is 1. The van der Waals surface area contributed by atoms with Crippen LogP contribution in [0.5, 0.6) is 0 Å². The van der Waals surface area contributed by atoms with Crippen LogP contribution in [0.1, 0.15) is 0 Å². The van der Waals surface area contributed by atoms with Gasteiger partial charge in [0.1, 0.15) is 5.82 Å². The number of hydrogen-bond donors (Lipinski definition) is 0. The lowest BCUT2D eigenvalue weighted by molar-refractivity contribution is 1.07. The predicted octanol–water partition coefficient (Wildman–Crippen LogP) is 13.3. The molecule has 0 atom stereocenters. The standard InChI is InChI=1S/C56H37N7/c1-5-17-38(18-6-1)49-37-50(58-52(57-49)39-19-7-2-8-20-39)45-25-15-23-43(35-45)44-24-16-26-46(36-44)55-61-53(40-21-9-3-10-22-40)60-54(62-55)41-31-33-42(34-32-41)56-59-48-29-13-14-30-51(48)63(56)47-27-11-4-12-28-47/h1-37H. The Bertz CT molecular complexity index is 3310. The van der Waals surface area contributed by atoms with Gasteiger partial charge in [-0.3, -0.25) is 4.57 Å². The van der Waals surface area contributed by atoms with E-state index in [2.05, 4.69) is 138 Å². The second-order valence-corrected chi connectivity index (χ2v) is 15.2. The average Bonchev–Trinajstić information content (AvgIpc) is 3.77. The molecule has 0 bridgehead atoms. The van der Waals surface area contributed by atoms with Crippen molar-refractivity contribution in [1.29, 1.82) is 0 Å². The summed E-state index contributed by atoms with van der Waals surface area (Å²) in [4.78, 5) is 30.4. The van der Waals surface area contributed by atoms with Crippen molar-refractivity contribution in [2.75, 3.05) is 0 Å². The molecule has 3 heterocycles. The third kappa shape index (κ3) is 7.56. The van der Waals surface area contributed by atoms with Crippen LogP contribution in [0.25, 0.3) is 107 Å². The zero-order valence-corrected chi connectivity index (χ0v) is 34.0. The first-order valence-corrected chi connectivity index (χ1v) is 20.9. The molecule has 0 saturated carbocycles. The fourth-order valence-corrected chi connectivity index (χ4v) is 7.94. The minimum Gasteiger partial charge on any atom is -0.292 e. The van der Waals surface area contributed by atoms with E-state index in [9.17, 15) is 0 Å². The molecule has 11 aromatic rings. The predicted molar refractivity (Wildman–Crippen MR) is 254 cm³/mol. The van der Waals surface area contributed by atoms with Crippen molar-refractivity contribution in [2.24, 2.45) is 0 Å². The maximum absolute atomic E-state index is 5.12. The van der Waals surface area contributed by atoms with Crippen LogP contribution in [0.2, 0.25) is 0 Å². The quantitative estimate of drug-likeness (QED) is 0.144. The zero-order chi connectivity index (χ0) is 42.0. The van der Waals surface area contributed by atoms with Crippen LogP contribution < -0.4 is 0 Å². The van der Waals surface area contributed by atoms with Gasteiger partial charge < -0.3 is 0 Å². The number of nitrogens with zero attached hydrogens (tertiary/aromatic N) is 7. The van der Waals surface area contributed by atoms with Gasteiger partial charge in [0.15, 0.2) is 23.3 Å². The summed E-state index contributed by atoms with van der Waals surface area (Å²) in [6.45, 7) is 0. The Labute approximate surface area is 364 Å². The SMILES string of the molecule is c1ccc(-c2cc(-c3cccc(-c4cccc(-c5nc(-c6ccccc6)nc(-c6ccc(-c7nc8ccccc8n7-c7ccccc7)cc6)n5)c4)c3)nc(-c3ccccc3)n2)cc1. The number of aromatic nitrogens is 7. The van der Waals surface area contributed by atoms with E-state index in [0.717, 1.165) is 84.0 Å². The Kier molecular flexibility index (Phi) is 9.72. The summed E-state index contributed by atoms with van der Waals surface area (Å²) in [5.41, 5.74) is 13.5. The second kappa shape index (κ2) is 16.4. The highest BCUT2D eigenvalue weighted by molar-refractivity contribution is 5.84. The van der Waals surface area contributed by atoms with Crippen LogP contribution in [0.3, 0.4) is 0 Å². The smallest absolute Gasteiger partial charge is 0.164 e. The van der Waals surface area contributed by atoms with Gasteiger partial charge in [-0.15, -0.1) is 0 Å². The van der Waals surface area contributed by atoms with Crippen molar-refractivity contribution in [1.82, 2.24) is 34.5 Å². The van der Waals surface area contributed by atoms with Crippen molar-refractivity contribution < 1.29 is 0 Å². The molecule has 0 saturated heterocycles. The van der Waals surface area contributed by atoms with E-state index in [4.69, 9.17) is 29.9 Å². The molecule has 0 aliphatic rings. The highest BCUT2D eigenvalue weighted by Gasteiger charge is 2.17. The van der Waals surface area contributed by atoms with E-state index in [0.29, 0.717) is 23.3 Å². The fourth-order valence-electron chi connectivity index (χ4n) is 7.94. The van der Waals surface area contributed by atoms with Gasteiger partial charge in [-0.1, -0.05) is 182 Å². The molecular weight excluding hydrogens is 771 g/mol. The number of para-hydroxylation sites is 3. The van der Waals surface area contributed by atoms with Gasteiger partial charge in [0.05, 0.1) is 22.4 Å². The molecule has 296 valence electrons. The monoisotopic (exact) mass is 807 g/mol. The molecule has 11 rings (SSSR count). The van der Waals surface area contributed by atoms with Gasteiger partial charge in [0.2, 0.25) is 0 Å². The topological polar surface area (TPSA) is 82.3 Å². The first-order valence-electron chi connectivity index (χ1n) is 20.9. The van der Waals surface area contributed by atoms with Crippen molar-refractivity contribution in [2.45, 2.75) is 0 Å². The minimum atomic E-state index is 0.585. The van der Waals surface area contributed by atoms with Crippen molar-refractivity contribution in [3.63, 3.8) is 0 Å². The molecule has 0 aliphatic carbocycles. The van der Waals surface area contributed by atoms with E-state index in [1.807, 2.05) is 91.0 Å². The van der Waals surface area contributed by atoms with E-state index in [1.165, 1.54) is 0 Å². The van der Waals surface area contributed by atoms with Crippen LogP contribution in [-0.2, 0) is 0 Å². The zero-order valence-electron chi connectivity index (χ0n) is 34.0. The van der Waals surface area contributed by atoms with Crippen molar-refractivity contribution >= 4 is 11.0 Å². The van der Waals surface area contributed by atoms with Crippen molar-refractivity contribution in [3.05, 3.63) is 224 Å². The number of rotatable bonds is 9. The van der Waals surface area contributed by atoms with Crippen LogP contribution >= 0.6 is 0 Å². The van der Waals surface area contributed by atoms with Gasteiger partial charge in [0.25, 0.3) is 0 Å². The van der Waals surface area contributed by atoms with E-state index in [1.54, 1.807) is 0 Å². The third-order valence-corrected chi connectivity index (χ3v) is 11.1. The summed E-state index contributed by atoms with van der Waals surface area (Å²) < 4.78 is 2.21. The first kappa shape index (κ1) is 37.3. The second-order valence-electron chi connectivity index (χ2n) is 15.2. The molecule has 0 unspecified atom stereocenters. The van der Waals surface area contributed by atoms with E-state index < -0.39 is 0 Å². The van der Waals surface area contributed by atoms with Crippen LogP contribution in [0.4, 0.5) is 0 Å². The van der Waals surface area contributed by atoms with E-state index in [-0.39, 0.29) is 0 Å². The molecule has 0 fully saturated rings. The Balaban J connectivity index is 0.968. The largest absolute Gasteiger partial charge is 0.292 e. The Morgan fingerprint density at radius 1 is 0.254 bits per heavy atom. The Hall–Kier alpha value is -8.68. The lowest BCUT2D eigenvalue weighted by Gasteiger charge is -2.12. The van der Waals surface area contributed by atoms with Gasteiger partial charge in [-0.2, -0.15) is 0 Å². The van der Waals surface area contributed by atoms with Gasteiger partial charge in [-0.05, 0) is 53.6 Å². The third-order valence-electron chi connectivity index (χ3n) is 11.1. The highest BCUT2D eigenvalue weighted by atomic mass is 15.1. The highest BCUT2D eigenvalue weighted by Crippen LogP contribution is 2.34. The summed E-state index contributed by atoms with van der Waals surface area (Å²) >= 11 is 0. The number of benzene rings is 8. The molecule has 63 heavy (non-hydrogen) atoms. The Morgan fingerprint density at radius 3 is 1.29 bits per heavy atom. The maximum atomic E-state index is 5.12. The summed E-state index contributed by atoms with van der Waals surface area (Å²) in [7, 11) is 0.